The molecule has 0 unspecified atom stereocenters. The highest BCUT2D eigenvalue weighted by atomic mass is 32.2. The molecule has 0 aliphatic heterocycles. The van der Waals surface area contributed by atoms with Gasteiger partial charge in [0.2, 0.25) is 5.69 Å². The highest BCUT2D eigenvalue weighted by Gasteiger charge is 2.18. The lowest BCUT2D eigenvalue weighted by atomic mass is 10.1. The summed E-state index contributed by atoms with van der Waals surface area (Å²) >= 11 is 2.86. The van der Waals surface area contributed by atoms with Crippen LogP contribution in [0.15, 0.2) is 64.3 Å². The lowest BCUT2D eigenvalue weighted by molar-refractivity contribution is -0.626. The summed E-state index contributed by atoms with van der Waals surface area (Å²) in [6.07, 6.45) is 0. The number of hydrogen-bond donors (Lipinski definition) is 0. The summed E-state index contributed by atoms with van der Waals surface area (Å²) in [6.45, 7) is 0. The third kappa shape index (κ3) is 3.52. The van der Waals surface area contributed by atoms with Crippen LogP contribution in [0.5, 0.6) is 0 Å². The van der Waals surface area contributed by atoms with Crippen LogP contribution < -0.4 is 4.73 Å². The van der Waals surface area contributed by atoms with Crippen LogP contribution in [0, 0.1) is 15.3 Å². The zero-order valence-electron chi connectivity index (χ0n) is 11.9. The number of nitro benzene ring substituents is 1. The molecule has 0 saturated heterocycles. The molecule has 0 bridgehead atoms. The molecule has 0 saturated carbocycles. The van der Waals surface area contributed by atoms with E-state index in [1.165, 1.54) is 35.2 Å². The Balaban J connectivity index is 1.77. The van der Waals surface area contributed by atoms with Crippen molar-refractivity contribution in [1.82, 2.24) is 0 Å². The fraction of sp³-hybridized carbons (Fsp3) is 0.0625. The minimum Gasteiger partial charge on any atom is -0.617 e. The summed E-state index contributed by atoms with van der Waals surface area (Å²) < 4.78 is 1.54. The first kappa shape index (κ1) is 15.5. The lowest BCUT2D eigenvalue weighted by Gasteiger charge is -2.02. The second kappa shape index (κ2) is 6.80. The number of nitro groups is 1. The number of rotatable bonds is 5. The fourth-order valence-corrected chi connectivity index (χ4v) is 3.98. The zero-order valence-corrected chi connectivity index (χ0v) is 13.5. The Bertz CT molecular complexity index is 817. The van der Waals surface area contributed by atoms with E-state index in [1.807, 2.05) is 30.3 Å². The predicted octanol–water partition coefficient (Wildman–Crippen LogP) is 4.25. The van der Waals surface area contributed by atoms with Gasteiger partial charge in [-0.25, -0.2) is 0 Å². The Morgan fingerprint density at radius 1 is 1.09 bits per heavy atom. The van der Waals surface area contributed by atoms with E-state index in [0.717, 1.165) is 16.0 Å². The predicted molar refractivity (Wildman–Crippen MR) is 91.4 cm³/mol. The van der Waals surface area contributed by atoms with Gasteiger partial charge in [-0.05, 0) is 29.5 Å². The maximum absolute atomic E-state index is 12.4. The Morgan fingerprint density at radius 3 is 2.43 bits per heavy atom. The van der Waals surface area contributed by atoms with Crippen LogP contribution in [0.4, 0.5) is 5.69 Å². The third-order valence-electron chi connectivity index (χ3n) is 3.24. The normalized spacial score (nSPS) is 10.6. The maximum atomic E-state index is 12.4. The Morgan fingerprint density at radius 2 is 1.78 bits per heavy atom. The first-order chi connectivity index (χ1) is 11.1. The highest BCUT2D eigenvalue weighted by Crippen LogP contribution is 2.29. The fourth-order valence-electron chi connectivity index (χ4n) is 2.05. The number of nitrogens with zero attached hydrogens (tertiary/aromatic N) is 2. The first-order valence-electron chi connectivity index (χ1n) is 6.78. The third-order valence-corrected chi connectivity index (χ3v) is 5.48. The van der Waals surface area contributed by atoms with Crippen LogP contribution in [0.3, 0.4) is 0 Å². The van der Waals surface area contributed by atoms with Crippen molar-refractivity contribution < 1.29 is 9.65 Å². The molecule has 7 heteroatoms. The number of hydrogen-bond acceptors (Lipinski definition) is 5. The summed E-state index contributed by atoms with van der Waals surface area (Å²) in [7, 11) is 0. The molecule has 0 fully saturated rings. The minimum atomic E-state index is -0.455. The van der Waals surface area contributed by atoms with Crippen molar-refractivity contribution in [2.24, 2.45) is 0 Å². The van der Waals surface area contributed by atoms with Gasteiger partial charge in [0.1, 0.15) is 0 Å². The second-order valence-corrected chi connectivity index (χ2v) is 6.84. The molecule has 0 amide bonds. The van der Waals surface area contributed by atoms with E-state index in [1.54, 1.807) is 17.5 Å². The van der Waals surface area contributed by atoms with Gasteiger partial charge >= 0.3 is 4.34 Å². The second-order valence-electron chi connectivity index (χ2n) is 4.76. The van der Waals surface area contributed by atoms with E-state index in [-0.39, 0.29) is 5.69 Å². The molecule has 1 aromatic heterocycles. The van der Waals surface area contributed by atoms with Gasteiger partial charge in [0, 0.05) is 23.4 Å². The first-order valence-corrected chi connectivity index (χ1v) is 8.64. The van der Waals surface area contributed by atoms with Crippen molar-refractivity contribution in [3.05, 3.63) is 80.9 Å². The molecule has 2 aromatic carbocycles. The lowest BCUT2D eigenvalue weighted by Crippen LogP contribution is -2.28. The number of thiazole rings is 1. The van der Waals surface area contributed by atoms with Crippen molar-refractivity contribution in [3.8, 4) is 11.3 Å². The number of non-ortho nitro benzene ring substituents is 1. The monoisotopic (exact) mass is 344 g/mol. The molecule has 0 aliphatic rings. The van der Waals surface area contributed by atoms with Gasteiger partial charge in [-0.1, -0.05) is 41.7 Å². The maximum Gasteiger partial charge on any atom is 0.309 e. The number of aromatic nitrogens is 1. The van der Waals surface area contributed by atoms with Crippen molar-refractivity contribution >= 4 is 28.8 Å². The van der Waals surface area contributed by atoms with Crippen LogP contribution in [0.25, 0.3) is 11.3 Å². The summed E-state index contributed by atoms with van der Waals surface area (Å²) in [6, 6.07) is 15.9. The minimum absolute atomic E-state index is 0.0140. The summed E-state index contributed by atoms with van der Waals surface area (Å²) in [4.78, 5) is 10.2. The van der Waals surface area contributed by atoms with Gasteiger partial charge in [-0.3, -0.25) is 10.1 Å². The standard InChI is InChI=1S/C16H12N2O3S2/c19-17-15(13-6-8-14(9-7-13)18(20)21)11-23-16(17)22-10-12-4-2-1-3-5-12/h1-9,11H,10H2. The average molecular weight is 344 g/mol. The average Bonchev–Trinajstić information content (AvgIpc) is 2.95. The molecule has 0 aliphatic carbocycles. The molecular formula is C16H12N2O3S2. The summed E-state index contributed by atoms with van der Waals surface area (Å²) in [5, 5.41) is 24.8. The summed E-state index contributed by atoms with van der Waals surface area (Å²) in [5.74, 6) is 0.725. The molecule has 23 heavy (non-hydrogen) atoms. The summed E-state index contributed by atoms with van der Waals surface area (Å²) in [5.41, 5.74) is 2.36. The smallest absolute Gasteiger partial charge is 0.309 e. The van der Waals surface area contributed by atoms with E-state index in [2.05, 4.69) is 0 Å². The molecular weight excluding hydrogens is 332 g/mol. The van der Waals surface area contributed by atoms with Crippen molar-refractivity contribution in [2.45, 2.75) is 10.1 Å². The van der Waals surface area contributed by atoms with Gasteiger partial charge in [0.05, 0.1) is 10.3 Å². The van der Waals surface area contributed by atoms with E-state index >= 15 is 0 Å². The molecule has 0 spiro atoms. The Labute approximate surface area is 141 Å². The van der Waals surface area contributed by atoms with Crippen molar-refractivity contribution in [3.63, 3.8) is 0 Å². The van der Waals surface area contributed by atoms with Crippen LogP contribution in [0.2, 0.25) is 0 Å². The van der Waals surface area contributed by atoms with Gasteiger partial charge in [-0.2, -0.15) is 0 Å². The van der Waals surface area contributed by atoms with Crippen molar-refractivity contribution in [2.75, 3.05) is 0 Å². The molecule has 0 N–H and O–H groups in total. The van der Waals surface area contributed by atoms with Gasteiger partial charge < -0.3 is 5.21 Å². The molecule has 1 heterocycles. The highest BCUT2D eigenvalue weighted by molar-refractivity contribution is 8.00. The van der Waals surface area contributed by atoms with Gasteiger partial charge in [0.15, 0.2) is 0 Å². The topological polar surface area (TPSA) is 70.1 Å². The molecule has 116 valence electrons. The van der Waals surface area contributed by atoms with E-state index in [0.29, 0.717) is 15.6 Å². The zero-order chi connectivity index (χ0) is 16.2. The molecule has 3 rings (SSSR count). The van der Waals surface area contributed by atoms with Gasteiger partial charge in [0.25, 0.3) is 5.69 Å². The van der Waals surface area contributed by atoms with Crippen molar-refractivity contribution in [1.29, 1.82) is 0 Å². The van der Waals surface area contributed by atoms with E-state index in [9.17, 15) is 15.3 Å². The molecule has 0 radical (unpaired) electrons. The van der Waals surface area contributed by atoms with E-state index in [4.69, 9.17) is 0 Å². The molecule has 5 nitrogen and oxygen atoms in total. The van der Waals surface area contributed by atoms with Crippen LogP contribution in [-0.2, 0) is 5.75 Å². The largest absolute Gasteiger partial charge is 0.617 e. The Kier molecular flexibility index (Phi) is 4.59. The molecule has 0 atom stereocenters. The number of thioether (sulfide) groups is 1. The quantitative estimate of drug-likeness (QED) is 0.228. The van der Waals surface area contributed by atoms with Gasteiger partial charge in [-0.15, -0.1) is 4.73 Å². The van der Waals surface area contributed by atoms with E-state index < -0.39 is 4.92 Å². The SMILES string of the molecule is O=[N+]([O-])c1ccc(-c2csc(SCc3ccccc3)[n+]2[O-])cc1. The number of benzene rings is 2. The van der Waals surface area contributed by atoms with Crippen LogP contribution in [0.1, 0.15) is 5.56 Å². The Hall–Kier alpha value is -2.38. The molecule has 3 aromatic rings. The van der Waals surface area contributed by atoms with Crippen LogP contribution in [-0.4, -0.2) is 4.92 Å². The van der Waals surface area contributed by atoms with Crippen LogP contribution >= 0.6 is 23.1 Å².